The highest BCUT2D eigenvalue weighted by Gasteiger charge is 2.27. The largest absolute Gasteiger partial charge is 0.493 e. The first-order chi connectivity index (χ1) is 10.4. The number of hydrogen-bond donors (Lipinski definition) is 0. The van der Waals surface area contributed by atoms with Crippen LogP contribution in [0.4, 0.5) is 13.2 Å². The Morgan fingerprint density at radius 3 is 2.27 bits per heavy atom. The van der Waals surface area contributed by atoms with E-state index in [1.807, 2.05) is 0 Å². The third-order valence-corrected chi connectivity index (χ3v) is 4.08. The molecule has 0 spiro atoms. The van der Waals surface area contributed by atoms with Crippen molar-refractivity contribution in [1.82, 2.24) is 0 Å². The van der Waals surface area contributed by atoms with Crippen molar-refractivity contribution < 1.29 is 22.6 Å². The summed E-state index contributed by atoms with van der Waals surface area (Å²) < 4.78 is 46.3. The van der Waals surface area contributed by atoms with Crippen molar-refractivity contribution in [3.05, 3.63) is 29.8 Å². The highest BCUT2D eigenvalue weighted by molar-refractivity contribution is 5.26. The van der Waals surface area contributed by atoms with Gasteiger partial charge in [-0.2, -0.15) is 13.2 Å². The van der Waals surface area contributed by atoms with Crippen LogP contribution in [-0.2, 0) is 11.3 Å². The SMILES string of the molecule is CC1CCC(COc2ccc(COCC(F)(F)F)cc2)CC1. The van der Waals surface area contributed by atoms with Crippen molar-refractivity contribution >= 4 is 0 Å². The summed E-state index contributed by atoms with van der Waals surface area (Å²) in [6.07, 6.45) is 0.683. The number of ether oxygens (including phenoxy) is 2. The van der Waals surface area contributed by atoms with Crippen LogP contribution < -0.4 is 4.74 Å². The van der Waals surface area contributed by atoms with E-state index in [0.29, 0.717) is 11.5 Å². The van der Waals surface area contributed by atoms with E-state index < -0.39 is 12.8 Å². The molecule has 1 fully saturated rings. The summed E-state index contributed by atoms with van der Waals surface area (Å²) in [6.45, 7) is 1.75. The monoisotopic (exact) mass is 316 g/mol. The smallest absolute Gasteiger partial charge is 0.411 e. The van der Waals surface area contributed by atoms with Gasteiger partial charge < -0.3 is 9.47 Å². The topological polar surface area (TPSA) is 18.5 Å². The molecule has 1 saturated carbocycles. The molecule has 1 aliphatic rings. The summed E-state index contributed by atoms with van der Waals surface area (Å²) in [4.78, 5) is 0. The van der Waals surface area contributed by atoms with Crippen molar-refractivity contribution in [1.29, 1.82) is 0 Å². The highest BCUT2D eigenvalue weighted by Crippen LogP contribution is 2.28. The minimum absolute atomic E-state index is 0.0414. The molecule has 0 radical (unpaired) electrons. The van der Waals surface area contributed by atoms with Crippen molar-refractivity contribution in [2.75, 3.05) is 13.2 Å². The van der Waals surface area contributed by atoms with Gasteiger partial charge in [-0.25, -0.2) is 0 Å². The molecule has 0 aromatic heterocycles. The van der Waals surface area contributed by atoms with Gasteiger partial charge in [0, 0.05) is 0 Å². The third kappa shape index (κ3) is 6.26. The summed E-state index contributed by atoms with van der Waals surface area (Å²) in [5, 5.41) is 0. The second kappa shape index (κ2) is 7.86. The number of hydrogen-bond acceptors (Lipinski definition) is 2. The molecular weight excluding hydrogens is 293 g/mol. The summed E-state index contributed by atoms with van der Waals surface area (Å²) in [5.41, 5.74) is 0.711. The van der Waals surface area contributed by atoms with Crippen LogP contribution in [-0.4, -0.2) is 19.4 Å². The Hall–Kier alpha value is -1.23. The quantitative estimate of drug-likeness (QED) is 0.737. The fourth-order valence-corrected chi connectivity index (χ4v) is 2.68. The molecule has 1 aromatic carbocycles. The third-order valence-electron chi connectivity index (χ3n) is 4.08. The molecule has 0 saturated heterocycles. The zero-order valence-electron chi connectivity index (χ0n) is 12.9. The maximum atomic E-state index is 12.0. The molecule has 0 unspecified atom stereocenters. The van der Waals surface area contributed by atoms with Crippen molar-refractivity contribution in [2.24, 2.45) is 11.8 Å². The summed E-state index contributed by atoms with van der Waals surface area (Å²) in [6, 6.07) is 7.07. The van der Waals surface area contributed by atoms with Crippen LogP contribution in [0.25, 0.3) is 0 Å². The van der Waals surface area contributed by atoms with Gasteiger partial charge in [-0.1, -0.05) is 31.9 Å². The Bertz CT molecular complexity index is 434. The van der Waals surface area contributed by atoms with Gasteiger partial charge in [-0.05, 0) is 42.4 Å². The molecule has 1 aliphatic carbocycles. The van der Waals surface area contributed by atoms with Crippen LogP contribution in [0.15, 0.2) is 24.3 Å². The van der Waals surface area contributed by atoms with E-state index in [1.54, 1.807) is 24.3 Å². The van der Waals surface area contributed by atoms with Gasteiger partial charge in [0.25, 0.3) is 0 Å². The van der Waals surface area contributed by atoms with Crippen LogP contribution >= 0.6 is 0 Å². The van der Waals surface area contributed by atoms with Gasteiger partial charge >= 0.3 is 6.18 Å². The summed E-state index contributed by atoms with van der Waals surface area (Å²) in [5.74, 6) is 2.21. The molecule has 1 aromatic rings. The first-order valence-electron chi connectivity index (χ1n) is 7.78. The van der Waals surface area contributed by atoms with Crippen LogP contribution in [0.2, 0.25) is 0 Å². The minimum Gasteiger partial charge on any atom is -0.493 e. The van der Waals surface area contributed by atoms with E-state index in [4.69, 9.17) is 4.74 Å². The number of rotatable bonds is 6. The molecule has 0 atom stereocenters. The highest BCUT2D eigenvalue weighted by atomic mass is 19.4. The number of benzene rings is 1. The standard InChI is InChI=1S/C17H23F3O2/c1-13-2-4-15(5-3-13)11-22-16-8-6-14(7-9-16)10-21-12-17(18,19)20/h6-9,13,15H,2-5,10-12H2,1H3. The van der Waals surface area contributed by atoms with Gasteiger partial charge in [0.05, 0.1) is 13.2 Å². The molecule has 2 rings (SSSR count). The van der Waals surface area contributed by atoms with Gasteiger partial charge in [0.2, 0.25) is 0 Å². The number of halogens is 3. The molecule has 0 N–H and O–H groups in total. The van der Waals surface area contributed by atoms with Crippen molar-refractivity contribution in [2.45, 2.75) is 45.4 Å². The lowest BCUT2D eigenvalue weighted by molar-refractivity contribution is -0.176. The molecule has 2 nitrogen and oxygen atoms in total. The summed E-state index contributed by atoms with van der Waals surface area (Å²) >= 11 is 0. The molecule has 0 bridgehead atoms. The van der Waals surface area contributed by atoms with E-state index in [-0.39, 0.29) is 6.61 Å². The van der Waals surface area contributed by atoms with Gasteiger partial charge in [-0.15, -0.1) is 0 Å². The maximum absolute atomic E-state index is 12.0. The molecular formula is C17H23F3O2. The second-order valence-corrected chi connectivity index (χ2v) is 6.19. The van der Waals surface area contributed by atoms with Gasteiger partial charge in [0.1, 0.15) is 12.4 Å². The first kappa shape index (κ1) is 17.1. The van der Waals surface area contributed by atoms with E-state index in [2.05, 4.69) is 11.7 Å². The lowest BCUT2D eigenvalue weighted by atomic mass is 9.83. The average Bonchev–Trinajstić information content (AvgIpc) is 2.47. The van der Waals surface area contributed by atoms with Crippen molar-refractivity contribution in [3.63, 3.8) is 0 Å². The van der Waals surface area contributed by atoms with Crippen LogP contribution in [0, 0.1) is 11.8 Å². The Morgan fingerprint density at radius 2 is 1.68 bits per heavy atom. The van der Waals surface area contributed by atoms with Crippen molar-refractivity contribution in [3.8, 4) is 5.75 Å². The van der Waals surface area contributed by atoms with Gasteiger partial charge in [-0.3, -0.25) is 0 Å². The molecule has 0 aliphatic heterocycles. The molecule has 0 amide bonds. The molecule has 5 heteroatoms. The fourth-order valence-electron chi connectivity index (χ4n) is 2.68. The van der Waals surface area contributed by atoms with Crippen LogP contribution in [0.3, 0.4) is 0 Å². The molecule has 124 valence electrons. The Balaban J connectivity index is 1.70. The normalized spacial score (nSPS) is 22.5. The molecule has 0 heterocycles. The minimum atomic E-state index is -4.28. The van der Waals surface area contributed by atoms with E-state index in [1.165, 1.54) is 25.7 Å². The number of alkyl halides is 3. The Kier molecular flexibility index (Phi) is 6.12. The maximum Gasteiger partial charge on any atom is 0.411 e. The lowest BCUT2D eigenvalue weighted by Crippen LogP contribution is -2.18. The second-order valence-electron chi connectivity index (χ2n) is 6.19. The predicted octanol–water partition coefficient (Wildman–Crippen LogP) is 4.97. The van der Waals surface area contributed by atoms with Gasteiger partial charge in [0.15, 0.2) is 0 Å². The first-order valence-corrected chi connectivity index (χ1v) is 7.78. The predicted molar refractivity (Wildman–Crippen MR) is 78.8 cm³/mol. The van der Waals surface area contributed by atoms with E-state index in [9.17, 15) is 13.2 Å². The summed E-state index contributed by atoms with van der Waals surface area (Å²) in [7, 11) is 0. The Labute approximate surface area is 129 Å². The zero-order chi connectivity index (χ0) is 16.0. The van der Waals surface area contributed by atoms with E-state index >= 15 is 0 Å². The fraction of sp³-hybridized carbons (Fsp3) is 0.647. The van der Waals surface area contributed by atoms with Crippen LogP contribution in [0.5, 0.6) is 5.75 Å². The van der Waals surface area contributed by atoms with Crippen LogP contribution in [0.1, 0.15) is 38.2 Å². The average molecular weight is 316 g/mol. The zero-order valence-corrected chi connectivity index (χ0v) is 12.9. The molecule has 22 heavy (non-hydrogen) atoms. The lowest BCUT2D eigenvalue weighted by Gasteiger charge is -2.26. The van der Waals surface area contributed by atoms with E-state index in [0.717, 1.165) is 18.3 Å². The Morgan fingerprint density at radius 1 is 1.05 bits per heavy atom.